The second-order valence-electron chi connectivity index (χ2n) is 5.86. The van der Waals surface area contributed by atoms with Gasteiger partial charge in [0, 0.05) is 26.2 Å². The summed E-state index contributed by atoms with van der Waals surface area (Å²) in [7, 11) is 0. The number of carboxylic acids is 1. The predicted molar refractivity (Wildman–Crippen MR) is 79.1 cm³/mol. The number of aliphatic carboxylic acids is 1. The molecule has 1 aromatic rings. The fraction of sp³-hybridized carbons (Fsp3) is 0.500. The zero-order chi connectivity index (χ0) is 15.5. The maximum atomic E-state index is 12.5. The van der Waals surface area contributed by atoms with Gasteiger partial charge in [0.15, 0.2) is 0 Å². The average molecular weight is 304 g/mol. The van der Waals surface area contributed by atoms with Gasteiger partial charge in [0.1, 0.15) is 0 Å². The molecule has 1 saturated heterocycles. The lowest BCUT2D eigenvalue weighted by molar-refractivity contribution is -0.144. The Balaban J connectivity index is 1.59. The summed E-state index contributed by atoms with van der Waals surface area (Å²) < 4.78 is 5.28. The minimum Gasteiger partial charge on any atom is -0.481 e. The van der Waals surface area contributed by atoms with Gasteiger partial charge in [-0.3, -0.25) is 14.5 Å². The molecule has 1 unspecified atom stereocenters. The maximum absolute atomic E-state index is 12.5. The number of carbonyl (C=O) groups is 2. The largest absolute Gasteiger partial charge is 0.481 e. The van der Waals surface area contributed by atoms with Crippen LogP contribution in [0, 0.1) is 5.92 Å². The van der Waals surface area contributed by atoms with E-state index in [-0.39, 0.29) is 19.1 Å². The number of hydrogen-bond acceptors (Lipinski definition) is 4. The molecule has 0 aliphatic carbocycles. The van der Waals surface area contributed by atoms with Crippen molar-refractivity contribution in [1.29, 1.82) is 0 Å². The van der Waals surface area contributed by atoms with Crippen LogP contribution in [0.4, 0.5) is 0 Å². The Bertz CT molecular complexity index is 550. The summed E-state index contributed by atoms with van der Waals surface area (Å²) >= 11 is 0. The molecule has 6 heteroatoms. The lowest BCUT2D eigenvalue weighted by atomic mass is 10.1. The number of ether oxygens (including phenoxy) is 1. The summed E-state index contributed by atoms with van der Waals surface area (Å²) in [4.78, 5) is 27.3. The van der Waals surface area contributed by atoms with E-state index in [2.05, 4.69) is 17.0 Å². The number of nitrogens with zero attached hydrogens (tertiary/aromatic N) is 2. The summed E-state index contributed by atoms with van der Waals surface area (Å²) in [5, 5.41) is 9.14. The minimum absolute atomic E-state index is 0.0236. The van der Waals surface area contributed by atoms with Crippen LogP contribution in [0.25, 0.3) is 0 Å². The summed E-state index contributed by atoms with van der Waals surface area (Å²) in [5.74, 6) is -1.57. The molecule has 3 rings (SSSR count). The molecular weight excluding hydrogens is 284 g/mol. The second kappa shape index (κ2) is 6.46. The van der Waals surface area contributed by atoms with E-state index in [1.165, 1.54) is 11.1 Å². The van der Waals surface area contributed by atoms with Gasteiger partial charge in [-0.15, -0.1) is 0 Å². The molecule has 1 fully saturated rings. The lowest BCUT2D eigenvalue weighted by Crippen LogP contribution is -2.42. The maximum Gasteiger partial charge on any atom is 0.310 e. The number of amides is 1. The monoisotopic (exact) mass is 304 g/mol. The van der Waals surface area contributed by atoms with Crippen molar-refractivity contribution in [3.8, 4) is 0 Å². The van der Waals surface area contributed by atoms with Gasteiger partial charge in [-0.05, 0) is 11.1 Å². The minimum atomic E-state index is -0.909. The summed E-state index contributed by atoms with van der Waals surface area (Å²) in [6.45, 7) is 3.13. The highest BCUT2D eigenvalue weighted by atomic mass is 16.5. The first-order valence-corrected chi connectivity index (χ1v) is 7.51. The first-order valence-electron chi connectivity index (χ1n) is 7.51. The van der Waals surface area contributed by atoms with Gasteiger partial charge in [-0.2, -0.15) is 0 Å². The number of fused-ring (bicyclic) bond motifs is 1. The number of benzene rings is 1. The van der Waals surface area contributed by atoms with E-state index in [1.54, 1.807) is 4.90 Å². The van der Waals surface area contributed by atoms with Crippen molar-refractivity contribution in [3.63, 3.8) is 0 Å². The van der Waals surface area contributed by atoms with Gasteiger partial charge in [0.2, 0.25) is 5.91 Å². The first-order chi connectivity index (χ1) is 10.6. The molecule has 118 valence electrons. The highest BCUT2D eigenvalue weighted by Gasteiger charge is 2.29. The molecule has 1 atom stereocenters. The van der Waals surface area contributed by atoms with E-state index in [4.69, 9.17) is 9.84 Å². The Morgan fingerprint density at radius 2 is 1.91 bits per heavy atom. The third-order valence-electron chi connectivity index (χ3n) is 4.23. The van der Waals surface area contributed by atoms with E-state index in [0.29, 0.717) is 19.7 Å². The van der Waals surface area contributed by atoms with Crippen LogP contribution < -0.4 is 0 Å². The Morgan fingerprint density at radius 1 is 1.23 bits per heavy atom. The van der Waals surface area contributed by atoms with Crippen molar-refractivity contribution in [2.45, 2.75) is 13.1 Å². The van der Waals surface area contributed by atoms with Crippen LogP contribution >= 0.6 is 0 Å². The van der Waals surface area contributed by atoms with Crippen LogP contribution in [-0.2, 0) is 27.4 Å². The molecule has 1 N–H and O–H groups in total. The Kier molecular flexibility index (Phi) is 4.40. The smallest absolute Gasteiger partial charge is 0.310 e. The van der Waals surface area contributed by atoms with Crippen LogP contribution in [0.1, 0.15) is 11.1 Å². The van der Waals surface area contributed by atoms with Crippen molar-refractivity contribution < 1.29 is 19.4 Å². The van der Waals surface area contributed by atoms with Gasteiger partial charge in [-0.1, -0.05) is 24.3 Å². The van der Waals surface area contributed by atoms with Crippen molar-refractivity contribution in [1.82, 2.24) is 9.80 Å². The Hall–Kier alpha value is -1.92. The van der Waals surface area contributed by atoms with E-state index in [1.807, 2.05) is 12.1 Å². The normalized spacial score (nSPS) is 22.2. The summed E-state index contributed by atoms with van der Waals surface area (Å²) in [5.41, 5.74) is 2.52. The molecule has 0 spiro atoms. The molecule has 0 aromatic heterocycles. The molecule has 22 heavy (non-hydrogen) atoms. The quantitative estimate of drug-likeness (QED) is 0.884. The molecule has 0 bridgehead atoms. The van der Waals surface area contributed by atoms with Crippen molar-refractivity contribution >= 4 is 11.9 Å². The zero-order valence-corrected chi connectivity index (χ0v) is 12.4. The van der Waals surface area contributed by atoms with Gasteiger partial charge in [-0.25, -0.2) is 0 Å². The van der Waals surface area contributed by atoms with Crippen LogP contribution in [-0.4, -0.2) is 59.6 Å². The standard InChI is InChI=1S/C16H20N2O4/c19-15(18-5-6-22-11-14(9-18)16(20)21)10-17-7-12-3-1-2-4-13(12)8-17/h1-4,14H,5-11H2,(H,20,21). The van der Waals surface area contributed by atoms with Gasteiger partial charge < -0.3 is 14.7 Å². The molecular formula is C16H20N2O4. The van der Waals surface area contributed by atoms with Crippen molar-refractivity contribution in [2.75, 3.05) is 32.8 Å². The molecule has 2 aliphatic heterocycles. The molecule has 1 amide bonds. The second-order valence-corrected chi connectivity index (χ2v) is 5.86. The highest BCUT2D eigenvalue weighted by molar-refractivity contribution is 5.79. The molecule has 1 aromatic carbocycles. The van der Waals surface area contributed by atoms with Gasteiger partial charge in [0.25, 0.3) is 0 Å². The van der Waals surface area contributed by atoms with Gasteiger partial charge in [0.05, 0.1) is 25.7 Å². The number of rotatable bonds is 3. The van der Waals surface area contributed by atoms with Gasteiger partial charge >= 0.3 is 5.97 Å². The topological polar surface area (TPSA) is 70.1 Å². The molecule has 0 saturated carbocycles. The number of carbonyl (C=O) groups excluding carboxylic acids is 1. The van der Waals surface area contributed by atoms with Crippen LogP contribution in [0.2, 0.25) is 0 Å². The third-order valence-corrected chi connectivity index (χ3v) is 4.23. The fourth-order valence-electron chi connectivity index (χ4n) is 2.99. The van der Waals surface area contributed by atoms with Crippen LogP contribution in [0.3, 0.4) is 0 Å². The van der Waals surface area contributed by atoms with Crippen LogP contribution in [0.15, 0.2) is 24.3 Å². The highest BCUT2D eigenvalue weighted by Crippen LogP contribution is 2.22. The SMILES string of the molecule is O=C(O)C1COCCN(C(=O)CN2Cc3ccccc3C2)C1. The Morgan fingerprint density at radius 3 is 2.55 bits per heavy atom. The molecule has 0 radical (unpaired) electrons. The number of hydrogen-bond donors (Lipinski definition) is 1. The molecule has 6 nitrogen and oxygen atoms in total. The van der Waals surface area contributed by atoms with Crippen molar-refractivity contribution in [3.05, 3.63) is 35.4 Å². The van der Waals surface area contributed by atoms with E-state index >= 15 is 0 Å². The predicted octanol–water partition coefficient (Wildman–Crippen LogP) is 0.562. The summed E-state index contributed by atoms with van der Waals surface area (Å²) in [6.07, 6.45) is 0. The number of carboxylic acid groups (broad SMARTS) is 1. The molecule has 2 heterocycles. The fourth-order valence-corrected chi connectivity index (χ4v) is 2.99. The third kappa shape index (κ3) is 3.28. The van der Waals surface area contributed by atoms with E-state index in [0.717, 1.165) is 13.1 Å². The Labute approximate surface area is 129 Å². The zero-order valence-electron chi connectivity index (χ0n) is 12.4. The van der Waals surface area contributed by atoms with E-state index < -0.39 is 11.9 Å². The first kappa shape index (κ1) is 15.0. The lowest BCUT2D eigenvalue weighted by Gasteiger charge is -2.24. The molecule has 2 aliphatic rings. The van der Waals surface area contributed by atoms with E-state index in [9.17, 15) is 9.59 Å². The average Bonchev–Trinajstić information content (AvgIpc) is 2.73. The summed E-state index contributed by atoms with van der Waals surface area (Å²) in [6, 6.07) is 8.18. The van der Waals surface area contributed by atoms with Crippen molar-refractivity contribution in [2.24, 2.45) is 5.92 Å². The van der Waals surface area contributed by atoms with Crippen LogP contribution in [0.5, 0.6) is 0 Å².